The molecule has 1 saturated heterocycles. The van der Waals surface area contributed by atoms with Crippen LogP contribution in [0.1, 0.15) is 46.8 Å². The number of carbonyl (C=O) groups is 1. The monoisotopic (exact) mass is 405 g/mol. The predicted octanol–water partition coefficient (Wildman–Crippen LogP) is 3.41. The minimum Gasteiger partial charge on any atom is -0.467 e. The predicted molar refractivity (Wildman–Crippen MR) is 112 cm³/mol. The van der Waals surface area contributed by atoms with Crippen LogP contribution in [0.25, 0.3) is 0 Å². The van der Waals surface area contributed by atoms with Crippen molar-refractivity contribution in [3.8, 4) is 0 Å². The highest BCUT2D eigenvalue weighted by molar-refractivity contribution is 7.99. The lowest BCUT2D eigenvalue weighted by atomic mass is 9.92. The van der Waals surface area contributed by atoms with E-state index in [2.05, 4.69) is 38.8 Å². The molecule has 0 saturated carbocycles. The van der Waals surface area contributed by atoms with Gasteiger partial charge in [0.2, 0.25) is 11.9 Å². The van der Waals surface area contributed by atoms with Crippen molar-refractivity contribution in [1.82, 2.24) is 20.1 Å². The zero-order valence-electron chi connectivity index (χ0n) is 17.4. The number of anilines is 1. The van der Waals surface area contributed by atoms with E-state index in [0.717, 1.165) is 30.0 Å². The largest absolute Gasteiger partial charge is 0.467 e. The normalized spacial score (nSPS) is 20.4. The van der Waals surface area contributed by atoms with Crippen LogP contribution < -0.4 is 10.2 Å². The van der Waals surface area contributed by atoms with Gasteiger partial charge in [-0.3, -0.25) is 9.36 Å². The van der Waals surface area contributed by atoms with Crippen LogP contribution in [-0.4, -0.2) is 45.1 Å². The van der Waals surface area contributed by atoms with Crippen LogP contribution in [0.5, 0.6) is 0 Å². The van der Waals surface area contributed by atoms with Gasteiger partial charge in [-0.25, -0.2) is 0 Å². The fourth-order valence-electron chi connectivity index (χ4n) is 3.73. The van der Waals surface area contributed by atoms with Crippen LogP contribution >= 0.6 is 11.8 Å². The molecule has 2 aromatic rings. The minimum absolute atomic E-state index is 0.00758. The van der Waals surface area contributed by atoms with Crippen LogP contribution in [0.2, 0.25) is 0 Å². The number of nitrogens with one attached hydrogen (secondary N) is 1. The second kappa shape index (κ2) is 8.59. The van der Waals surface area contributed by atoms with Crippen molar-refractivity contribution < 1.29 is 9.21 Å². The van der Waals surface area contributed by atoms with Crippen LogP contribution in [0.15, 0.2) is 28.0 Å². The summed E-state index contributed by atoms with van der Waals surface area (Å²) in [6, 6.07) is 3.83. The molecule has 7 nitrogen and oxygen atoms in total. The minimum atomic E-state index is -0.245. The summed E-state index contributed by atoms with van der Waals surface area (Å²) in [6.45, 7) is 13.0. The van der Waals surface area contributed by atoms with Crippen molar-refractivity contribution in [2.75, 3.05) is 23.7 Å². The molecule has 1 N–H and O–H groups in total. The molecule has 1 aliphatic heterocycles. The zero-order valence-corrected chi connectivity index (χ0v) is 18.3. The number of furan rings is 1. The van der Waals surface area contributed by atoms with Gasteiger partial charge in [0.25, 0.3) is 0 Å². The van der Waals surface area contributed by atoms with Gasteiger partial charge in [0, 0.05) is 18.6 Å². The van der Waals surface area contributed by atoms with E-state index in [0.29, 0.717) is 24.1 Å². The third-order valence-electron chi connectivity index (χ3n) is 4.59. The standard InChI is InChI=1S/C20H31N5O2S/c1-14-9-15(2)11-24(10-14)18-22-23-19(25(18)12-16-7-6-8-27-16)28-13-17(26)21-20(3,4)5/h6-8,14-15H,9-13H2,1-5H3,(H,21,26)/t14-,15+. The summed E-state index contributed by atoms with van der Waals surface area (Å²) in [5.41, 5.74) is -0.245. The number of thioether (sulfide) groups is 1. The summed E-state index contributed by atoms with van der Waals surface area (Å²) in [5, 5.41) is 12.6. The number of hydrogen-bond acceptors (Lipinski definition) is 6. The molecule has 0 aliphatic carbocycles. The van der Waals surface area contributed by atoms with Crippen LogP contribution in [0, 0.1) is 11.8 Å². The van der Waals surface area contributed by atoms with Gasteiger partial charge in [-0.15, -0.1) is 10.2 Å². The van der Waals surface area contributed by atoms with Crippen molar-refractivity contribution >= 4 is 23.6 Å². The molecule has 0 radical (unpaired) electrons. The molecule has 1 fully saturated rings. The Kier molecular flexibility index (Phi) is 6.37. The fraction of sp³-hybridized carbons (Fsp3) is 0.650. The molecule has 3 rings (SSSR count). The molecular weight excluding hydrogens is 374 g/mol. The molecule has 0 bridgehead atoms. The highest BCUT2D eigenvalue weighted by Gasteiger charge is 2.27. The fourth-order valence-corrected chi connectivity index (χ4v) is 4.46. The van der Waals surface area contributed by atoms with Crippen molar-refractivity contribution in [3.63, 3.8) is 0 Å². The second-order valence-corrected chi connectivity index (χ2v) is 9.83. The number of carbonyl (C=O) groups excluding carboxylic acids is 1. The van der Waals surface area contributed by atoms with Crippen molar-refractivity contribution in [1.29, 1.82) is 0 Å². The van der Waals surface area contributed by atoms with E-state index in [1.54, 1.807) is 6.26 Å². The average molecular weight is 406 g/mol. The average Bonchev–Trinajstić information content (AvgIpc) is 3.21. The third kappa shape index (κ3) is 5.53. The summed E-state index contributed by atoms with van der Waals surface area (Å²) >= 11 is 1.41. The van der Waals surface area contributed by atoms with Crippen LogP contribution in [0.3, 0.4) is 0 Å². The van der Waals surface area contributed by atoms with E-state index < -0.39 is 0 Å². The van der Waals surface area contributed by atoms with E-state index in [4.69, 9.17) is 4.42 Å². The molecule has 0 unspecified atom stereocenters. The van der Waals surface area contributed by atoms with Gasteiger partial charge in [0.05, 0.1) is 18.6 Å². The first kappa shape index (κ1) is 20.8. The molecule has 2 aromatic heterocycles. The van der Waals surface area contributed by atoms with Crippen molar-refractivity contribution in [2.24, 2.45) is 11.8 Å². The number of rotatable bonds is 6. The first-order chi connectivity index (χ1) is 13.2. The molecule has 1 amide bonds. The highest BCUT2D eigenvalue weighted by Crippen LogP contribution is 2.29. The Morgan fingerprint density at radius 2 is 2.00 bits per heavy atom. The summed E-state index contributed by atoms with van der Waals surface area (Å²) in [4.78, 5) is 14.5. The third-order valence-corrected chi connectivity index (χ3v) is 5.56. The molecule has 0 spiro atoms. The molecule has 3 heterocycles. The quantitative estimate of drug-likeness (QED) is 0.742. The van der Waals surface area contributed by atoms with Crippen LogP contribution in [0.4, 0.5) is 5.95 Å². The van der Waals surface area contributed by atoms with E-state index in [1.807, 2.05) is 32.9 Å². The Balaban J connectivity index is 1.79. The van der Waals surface area contributed by atoms with Gasteiger partial charge in [0.15, 0.2) is 5.16 Å². The maximum atomic E-state index is 12.2. The van der Waals surface area contributed by atoms with Crippen molar-refractivity contribution in [2.45, 2.75) is 58.3 Å². The smallest absolute Gasteiger partial charge is 0.230 e. The van der Waals surface area contributed by atoms with Gasteiger partial charge in [-0.2, -0.15) is 0 Å². The van der Waals surface area contributed by atoms with E-state index in [9.17, 15) is 4.79 Å². The van der Waals surface area contributed by atoms with Gasteiger partial charge < -0.3 is 14.6 Å². The second-order valence-electron chi connectivity index (χ2n) is 8.89. The molecule has 1 aliphatic rings. The SMILES string of the molecule is C[C@@H]1C[C@H](C)CN(c2nnc(SCC(=O)NC(C)(C)C)n2Cc2ccco2)C1. The highest BCUT2D eigenvalue weighted by atomic mass is 32.2. The molecule has 2 atom stereocenters. The molecule has 8 heteroatoms. The Bertz CT molecular complexity index is 771. The number of aromatic nitrogens is 3. The van der Waals surface area contributed by atoms with Crippen molar-refractivity contribution in [3.05, 3.63) is 24.2 Å². The summed E-state index contributed by atoms with van der Waals surface area (Å²) in [5.74, 6) is 3.23. The topological polar surface area (TPSA) is 76.2 Å². The first-order valence-corrected chi connectivity index (χ1v) is 10.8. The molecular formula is C20H31N5O2S. The summed E-state index contributed by atoms with van der Waals surface area (Å²) in [7, 11) is 0. The Morgan fingerprint density at radius 3 is 2.61 bits per heavy atom. The lowest BCUT2D eigenvalue weighted by Crippen LogP contribution is -2.41. The summed E-state index contributed by atoms with van der Waals surface area (Å²) < 4.78 is 7.62. The number of hydrogen-bond donors (Lipinski definition) is 1. The maximum Gasteiger partial charge on any atom is 0.230 e. The molecule has 154 valence electrons. The van der Waals surface area contributed by atoms with E-state index in [1.165, 1.54) is 18.2 Å². The van der Waals surface area contributed by atoms with E-state index in [-0.39, 0.29) is 11.4 Å². The Labute approximate surface area is 171 Å². The first-order valence-electron chi connectivity index (χ1n) is 9.85. The molecule has 28 heavy (non-hydrogen) atoms. The maximum absolute atomic E-state index is 12.2. The van der Waals surface area contributed by atoms with E-state index >= 15 is 0 Å². The zero-order chi connectivity index (χ0) is 20.3. The van der Waals surface area contributed by atoms with Gasteiger partial charge in [0.1, 0.15) is 5.76 Å². The van der Waals surface area contributed by atoms with Gasteiger partial charge in [-0.05, 0) is 51.2 Å². The van der Waals surface area contributed by atoms with Crippen LogP contribution in [-0.2, 0) is 11.3 Å². The van der Waals surface area contributed by atoms with Gasteiger partial charge >= 0.3 is 0 Å². The van der Waals surface area contributed by atoms with Gasteiger partial charge in [-0.1, -0.05) is 25.6 Å². The Morgan fingerprint density at radius 1 is 1.29 bits per heavy atom. The Hall–Kier alpha value is -1.96. The number of piperidine rings is 1. The number of nitrogens with zero attached hydrogens (tertiary/aromatic N) is 4. The summed E-state index contributed by atoms with van der Waals surface area (Å²) in [6.07, 6.45) is 2.91. The lowest BCUT2D eigenvalue weighted by molar-refractivity contribution is -0.119. The lowest BCUT2D eigenvalue weighted by Gasteiger charge is -2.35. The number of amides is 1. The molecule has 0 aromatic carbocycles.